The average Bonchev–Trinajstić information content (AvgIpc) is 3.34. The molecular weight excluding hydrogens is 314 g/mol. The van der Waals surface area contributed by atoms with Crippen LogP contribution < -0.4 is 5.32 Å². The van der Waals surface area contributed by atoms with Crippen LogP contribution in [-0.4, -0.2) is 60.0 Å². The molecule has 0 radical (unpaired) electrons. The highest BCUT2D eigenvalue weighted by molar-refractivity contribution is 8.04. The van der Waals surface area contributed by atoms with Crippen molar-refractivity contribution in [2.75, 3.05) is 32.4 Å². The van der Waals surface area contributed by atoms with Gasteiger partial charge in [0.25, 0.3) is 0 Å². The van der Waals surface area contributed by atoms with Crippen LogP contribution in [0.4, 0.5) is 0 Å². The number of likely N-dealkylation sites (tertiary alicyclic amines) is 1. The largest absolute Gasteiger partial charge is 0.356 e. The van der Waals surface area contributed by atoms with Crippen LogP contribution in [-0.2, 0) is 14.4 Å². The molecule has 126 valence electrons. The number of nitrogens with one attached hydrogen (secondary N) is 1. The van der Waals surface area contributed by atoms with E-state index < -0.39 is 0 Å². The van der Waals surface area contributed by atoms with E-state index in [2.05, 4.69) is 5.32 Å². The number of nitrogens with zero attached hydrogens (tertiary/aromatic N) is 2. The molecule has 0 aromatic heterocycles. The van der Waals surface area contributed by atoms with E-state index in [0.29, 0.717) is 29.8 Å². The molecule has 3 amide bonds. The number of amides is 3. The van der Waals surface area contributed by atoms with Crippen LogP contribution in [0.15, 0.2) is 11.1 Å². The zero-order valence-corrected chi connectivity index (χ0v) is 14.2. The van der Waals surface area contributed by atoms with Gasteiger partial charge >= 0.3 is 0 Å². The molecule has 1 unspecified atom stereocenters. The molecule has 0 aromatic carbocycles. The molecule has 3 fully saturated rings. The summed E-state index contributed by atoms with van der Waals surface area (Å²) in [4.78, 5) is 39.4. The minimum atomic E-state index is -0.111. The summed E-state index contributed by atoms with van der Waals surface area (Å²) >= 11 is 1.39. The van der Waals surface area contributed by atoms with Crippen LogP contribution in [0.2, 0.25) is 0 Å². The third-order valence-corrected chi connectivity index (χ3v) is 5.74. The maximum Gasteiger partial charge on any atom is 0.249 e. The monoisotopic (exact) mass is 337 g/mol. The van der Waals surface area contributed by atoms with Crippen molar-refractivity contribution in [2.45, 2.75) is 25.7 Å². The van der Waals surface area contributed by atoms with Gasteiger partial charge in [0.15, 0.2) is 0 Å². The fourth-order valence-corrected chi connectivity index (χ4v) is 3.83. The van der Waals surface area contributed by atoms with Gasteiger partial charge in [-0.05, 0) is 31.6 Å². The smallest absolute Gasteiger partial charge is 0.249 e. The number of carbonyl (C=O) groups is 3. The van der Waals surface area contributed by atoms with E-state index in [9.17, 15) is 14.4 Å². The standard InChI is InChI=1S/C16H23N3O3S/c1-18-14(21)10-23-15(18)7-13(20)19-6-2-3-12(9-19)16(22)17-8-11-4-5-11/h7,11-12H,2-6,8-10H2,1H3,(H,17,22)/b15-7-. The van der Waals surface area contributed by atoms with Crippen LogP contribution in [0.1, 0.15) is 25.7 Å². The van der Waals surface area contributed by atoms with Crippen molar-refractivity contribution in [1.82, 2.24) is 15.1 Å². The van der Waals surface area contributed by atoms with E-state index in [0.717, 1.165) is 19.4 Å². The van der Waals surface area contributed by atoms with Crippen LogP contribution in [0.5, 0.6) is 0 Å². The van der Waals surface area contributed by atoms with Crippen molar-refractivity contribution in [3.8, 4) is 0 Å². The average molecular weight is 337 g/mol. The zero-order chi connectivity index (χ0) is 16.4. The van der Waals surface area contributed by atoms with Gasteiger partial charge in [0.1, 0.15) is 0 Å². The van der Waals surface area contributed by atoms with Gasteiger partial charge in [-0.3, -0.25) is 14.4 Å². The summed E-state index contributed by atoms with van der Waals surface area (Å²) in [5, 5.41) is 3.71. The molecule has 1 aliphatic carbocycles. The summed E-state index contributed by atoms with van der Waals surface area (Å²) in [6, 6.07) is 0. The fraction of sp³-hybridized carbons (Fsp3) is 0.688. The fourth-order valence-electron chi connectivity index (χ4n) is 2.89. The summed E-state index contributed by atoms with van der Waals surface area (Å²) in [7, 11) is 1.69. The lowest BCUT2D eigenvalue weighted by Gasteiger charge is -2.31. The molecule has 6 nitrogen and oxygen atoms in total. The van der Waals surface area contributed by atoms with Crippen molar-refractivity contribution in [3.63, 3.8) is 0 Å². The molecule has 1 atom stereocenters. The van der Waals surface area contributed by atoms with Gasteiger partial charge in [-0.25, -0.2) is 0 Å². The lowest BCUT2D eigenvalue weighted by Crippen LogP contribution is -2.45. The van der Waals surface area contributed by atoms with Gasteiger partial charge in [-0.15, -0.1) is 0 Å². The minimum Gasteiger partial charge on any atom is -0.356 e. The molecule has 0 aromatic rings. The highest BCUT2D eigenvalue weighted by Gasteiger charge is 2.30. The van der Waals surface area contributed by atoms with Gasteiger partial charge in [0, 0.05) is 32.8 Å². The Hall–Kier alpha value is -1.50. The van der Waals surface area contributed by atoms with Crippen molar-refractivity contribution in [1.29, 1.82) is 0 Å². The molecule has 3 rings (SSSR count). The number of carbonyl (C=O) groups excluding carboxylic acids is 3. The van der Waals surface area contributed by atoms with Crippen LogP contribution in [0, 0.1) is 11.8 Å². The Labute approximate surface area is 140 Å². The Bertz CT molecular complexity index is 545. The molecule has 23 heavy (non-hydrogen) atoms. The Morgan fingerprint density at radius 1 is 1.35 bits per heavy atom. The van der Waals surface area contributed by atoms with Crippen LogP contribution >= 0.6 is 11.8 Å². The molecule has 7 heteroatoms. The maximum absolute atomic E-state index is 12.4. The second-order valence-corrected chi connectivity index (χ2v) is 7.53. The summed E-state index contributed by atoms with van der Waals surface area (Å²) in [5.74, 6) is 0.934. The van der Waals surface area contributed by atoms with E-state index in [4.69, 9.17) is 0 Å². The highest BCUT2D eigenvalue weighted by atomic mass is 32.2. The van der Waals surface area contributed by atoms with E-state index in [1.54, 1.807) is 11.9 Å². The molecule has 1 N–H and O–H groups in total. The highest BCUT2D eigenvalue weighted by Crippen LogP contribution is 2.29. The normalized spacial score (nSPS) is 26.7. The quantitative estimate of drug-likeness (QED) is 0.771. The predicted molar refractivity (Wildman–Crippen MR) is 88.3 cm³/mol. The minimum absolute atomic E-state index is 0.0185. The maximum atomic E-state index is 12.4. The molecule has 2 aliphatic heterocycles. The number of rotatable bonds is 4. The number of hydrogen-bond donors (Lipinski definition) is 1. The first-order chi connectivity index (χ1) is 11.0. The molecular formula is C16H23N3O3S. The summed E-state index contributed by atoms with van der Waals surface area (Å²) < 4.78 is 0. The van der Waals surface area contributed by atoms with Gasteiger partial charge < -0.3 is 15.1 Å². The molecule has 3 aliphatic rings. The molecule has 0 spiro atoms. The van der Waals surface area contributed by atoms with E-state index in [-0.39, 0.29) is 23.6 Å². The zero-order valence-electron chi connectivity index (χ0n) is 13.4. The summed E-state index contributed by atoms with van der Waals surface area (Å²) in [6.45, 7) is 1.93. The molecule has 0 bridgehead atoms. The lowest BCUT2D eigenvalue weighted by molar-refractivity contribution is -0.132. The van der Waals surface area contributed by atoms with Gasteiger partial charge in [0.2, 0.25) is 17.7 Å². The van der Waals surface area contributed by atoms with E-state index in [1.165, 1.54) is 35.6 Å². The molecule has 2 saturated heterocycles. The topological polar surface area (TPSA) is 69.7 Å². The predicted octanol–water partition coefficient (Wildman–Crippen LogP) is 0.798. The third-order valence-electron chi connectivity index (χ3n) is 4.66. The van der Waals surface area contributed by atoms with Gasteiger partial charge in [0.05, 0.1) is 16.7 Å². The van der Waals surface area contributed by atoms with Crippen LogP contribution in [0.25, 0.3) is 0 Å². The van der Waals surface area contributed by atoms with Crippen molar-refractivity contribution in [3.05, 3.63) is 11.1 Å². The second-order valence-electron chi connectivity index (χ2n) is 6.54. The van der Waals surface area contributed by atoms with Crippen molar-refractivity contribution >= 4 is 29.5 Å². The number of hydrogen-bond acceptors (Lipinski definition) is 4. The first-order valence-corrected chi connectivity index (χ1v) is 9.21. The SMILES string of the molecule is CN1C(=O)CS/C1=C\C(=O)N1CCCC(C(=O)NCC2CC2)C1. The van der Waals surface area contributed by atoms with E-state index >= 15 is 0 Å². The Balaban J connectivity index is 1.54. The Morgan fingerprint density at radius 3 is 2.78 bits per heavy atom. The summed E-state index contributed by atoms with van der Waals surface area (Å²) in [5.41, 5.74) is 0. The Morgan fingerprint density at radius 2 is 2.13 bits per heavy atom. The number of piperidine rings is 1. The third kappa shape index (κ3) is 4.07. The first-order valence-electron chi connectivity index (χ1n) is 8.22. The molecule has 1 saturated carbocycles. The molecule has 2 heterocycles. The first kappa shape index (κ1) is 16.4. The van der Waals surface area contributed by atoms with Gasteiger partial charge in [-0.2, -0.15) is 0 Å². The van der Waals surface area contributed by atoms with Crippen LogP contribution in [0.3, 0.4) is 0 Å². The second kappa shape index (κ2) is 6.95. The van der Waals surface area contributed by atoms with Gasteiger partial charge in [-0.1, -0.05) is 11.8 Å². The van der Waals surface area contributed by atoms with Crippen molar-refractivity contribution < 1.29 is 14.4 Å². The van der Waals surface area contributed by atoms with Crippen molar-refractivity contribution in [2.24, 2.45) is 11.8 Å². The van der Waals surface area contributed by atoms with E-state index in [1.807, 2.05) is 0 Å². The number of thioether (sulfide) groups is 1. The Kier molecular flexibility index (Phi) is 4.94. The lowest BCUT2D eigenvalue weighted by atomic mass is 9.97. The summed E-state index contributed by atoms with van der Waals surface area (Å²) in [6.07, 6.45) is 5.64.